The van der Waals surface area contributed by atoms with Crippen molar-refractivity contribution < 1.29 is 0 Å². The van der Waals surface area contributed by atoms with Crippen molar-refractivity contribution in [1.82, 2.24) is 9.97 Å². The Morgan fingerprint density at radius 1 is 0.347 bits per heavy atom. The molecule has 230 valence electrons. The Kier molecular flexibility index (Phi) is 7.38. The minimum absolute atomic E-state index is 0.703. The second kappa shape index (κ2) is 12.5. The summed E-state index contributed by atoms with van der Waals surface area (Å²) in [6, 6.07) is 64.4. The molecule has 2 nitrogen and oxygen atoms in total. The quantitative estimate of drug-likeness (QED) is 0.180. The zero-order valence-electron chi connectivity index (χ0n) is 26.6. The molecule has 0 aliphatic rings. The molecule has 0 saturated heterocycles. The van der Waals surface area contributed by atoms with Gasteiger partial charge in [-0.05, 0) is 52.1 Å². The van der Waals surface area contributed by atoms with Crippen molar-refractivity contribution in [3.8, 4) is 67.3 Å². The first-order valence-electron chi connectivity index (χ1n) is 16.5. The van der Waals surface area contributed by atoms with Crippen LogP contribution in [-0.4, -0.2) is 9.97 Å². The monoisotopic (exact) mass is 642 g/mol. The molecular formula is C46H30N2S. The molecule has 2 aromatic heterocycles. The highest BCUT2D eigenvalue weighted by molar-refractivity contribution is 7.26. The van der Waals surface area contributed by atoms with Crippen molar-refractivity contribution in [3.05, 3.63) is 182 Å². The van der Waals surface area contributed by atoms with Gasteiger partial charge in [-0.1, -0.05) is 158 Å². The van der Waals surface area contributed by atoms with Crippen LogP contribution in [0, 0.1) is 0 Å². The van der Waals surface area contributed by atoms with E-state index in [1.54, 1.807) is 0 Å². The first-order valence-corrected chi connectivity index (χ1v) is 17.3. The molecule has 0 unspecified atom stereocenters. The summed E-state index contributed by atoms with van der Waals surface area (Å²) in [5.74, 6) is 0.703. The lowest BCUT2D eigenvalue weighted by atomic mass is 9.85. The predicted octanol–water partition coefficient (Wildman–Crippen LogP) is 12.8. The maximum atomic E-state index is 5.39. The number of nitrogens with zero attached hydrogens (tertiary/aromatic N) is 2. The number of aromatic nitrogens is 2. The molecule has 0 bridgehead atoms. The summed E-state index contributed by atoms with van der Waals surface area (Å²) in [6.07, 6.45) is 0. The maximum absolute atomic E-state index is 5.39. The van der Waals surface area contributed by atoms with Gasteiger partial charge in [0.05, 0.1) is 11.4 Å². The molecule has 0 spiro atoms. The molecule has 0 aliphatic carbocycles. The Balaban J connectivity index is 1.42. The van der Waals surface area contributed by atoms with Gasteiger partial charge in [0.25, 0.3) is 0 Å². The topological polar surface area (TPSA) is 25.8 Å². The van der Waals surface area contributed by atoms with E-state index < -0.39 is 0 Å². The van der Waals surface area contributed by atoms with E-state index in [0.29, 0.717) is 5.82 Å². The van der Waals surface area contributed by atoms with Gasteiger partial charge in [0.1, 0.15) is 0 Å². The summed E-state index contributed by atoms with van der Waals surface area (Å²) in [5.41, 5.74) is 11.9. The van der Waals surface area contributed by atoms with Gasteiger partial charge in [-0.25, -0.2) is 9.97 Å². The normalized spacial score (nSPS) is 11.3. The molecule has 0 radical (unpaired) electrons. The lowest BCUT2D eigenvalue weighted by Gasteiger charge is -2.20. The summed E-state index contributed by atoms with van der Waals surface area (Å²) in [7, 11) is 0. The SMILES string of the molecule is c1ccc(-c2cc(-c3ccccc3)c(-c3cc(-c4ccccc4)nc(-c4ccccc4)n3)c(-c3cccc4c3sc3ccccc34)c2)cc1. The Labute approximate surface area is 289 Å². The minimum atomic E-state index is 0.703. The Hall–Kier alpha value is -6.16. The lowest BCUT2D eigenvalue weighted by molar-refractivity contribution is 1.18. The molecule has 0 saturated carbocycles. The number of hydrogen-bond acceptors (Lipinski definition) is 3. The van der Waals surface area contributed by atoms with Gasteiger partial charge in [0.2, 0.25) is 0 Å². The summed E-state index contributed by atoms with van der Waals surface area (Å²) in [5, 5.41) is 2.56. The van der Waals surface area contributed by atoms with Gasteiger partial charge in [-0.3, -0.25) is 0 Å². The first-order chi connectivity index (χ1) is 24.3. The number of benzene rings is 7. The Morgan fingerprint density at radius 3 is 1.61 bits per heavy atom. The zero-order chi connectivity index (χ0) is 32.6. The van der Waals surface area contributed by atoms with E-state index >= 15 is 0 Å². The maximum Gasteiger partial charge on any atom is 0.160 e. The summed E-state index contributed by atoms with van der Waals surface area (Å²) < 4.78 is 2.56. The predicted molar refractivity (Wildman–Crippen MR) is 208 cm³/mol. The average Bonchev–Trinajstić information content (AvgIpc) is 3.58. The minimum Gasteiger partial charge on any atom is -0.228 e. The first kappa shape index (κ1) is 29.0. The van der Waals surface area contributed by atoms with Crippen LogP contribution in [0.15, 0.2) is 182 Å². The van der Waals surface area contributed by atoms with Crippen LogP contribution >= 0.6 is 11.3 Å². The molecule has 0 fully saturated rings. The standard InChI is InChI=1S/C46H30N2S/c1-5-16-31(17-6-1)35-28-39(32-18-7-2-8-19-32)44(40(29-35)38-26-15-25-37-36-24-13-14-27-43(36)49-45(37)38)42-30-41(33-20-9-3-10-21-33)47-46(48-42)34-22-11-4-12-23-34/h1-30H. The fraction of sp³-hybridized carbons (Fsp3) is 0. The van der Waals surface area contributed by atoms with Crippen LogP contribution in [0.25, 0.3) is 87.5 Å². The summed E-state index contributed by atoms with van der Waals surface area (Å²) in [6.45, 7) is 0. The molecule has 0 atom stereocenters. The van der Waals surface area contributed by atoms with E-state index in [4.69, 9.17) is 9.97 Å². The molecule has 9 rings (SSSR count). The van der Waals surface area contributed by atoms with E-state index in [-0.39, 0.29) is 0 Å². The largest absolute Gasteiger partial charge is 0.228 e. The second-order valence-corrected chi connectivity index (χ2v) is 13.2. The molecule has 2 heterocycles. The fourth-order valence-corrected chi connectivity index (χ4v) is 8.01. The highest BCUT2D eigenvalue weighted by Gasteiger charge is 2.22. The molecule has 7 aromatic carbocycles. The number of fused-ring (bicyclic) bond motifs is 3. The van der Waals surface area contributed by atoms with Gasteiger partial charge >= 0.3 is 0 Å². The van der Waals surface area contributed by atoms with E-state index in [1.165, 1.54) is 31.3 Å². The zero-order valence-corrected chi connectivity index (χ0v) is 27.4. The molecule has 0 N–H and O–H groups in total. The molecule has 0 aliphatic heterocycles. The fourth-order valence-electron chi connectivity index (χ4n) is 6.78. The van der Waals surface area contributed by atoms with Gasteiger partial charge < -0.3 is 0 Å². The third-order valence-electron chi connectivity index (χ3n) is 9.11. The molecular weight excluding hydrogens is 613 g/mol. The number of thiophene rings is 1. The van der Waals surface area contributed by atoms with Crippen molar-refractivity contribution >= 4 is 31.5 Å². The molecule has 49 heavy (non-hydrogen) atoms. The average molecular weight is 643 g/mol. The van der Waals surface area contributed by atoms with Crippen LogP contribution in [0.5, 0.6) is 0 Å². The van der Waals surface area contributed by atoms with Gasteiger partial charge in [-0.2, -0.15) is 0 Å². The molecule has 0 amide bonds. The Bertz CT molecular complexity index is 2520. The van der Waals surface area contributed by atoms with Crippen LogP contribution in [0.2, 0.25) is 0 Å². The van der Waals surface area contributed by atoms with Gasteiger partial charge in [0, 0.05) is 42.4 Å². The number of hydrogen-bond donors (Lipinski definition) is 0. The highest BCUT2D eigenvalue weighted by atomic mass is 32.1. The lowest BCUT2D eigenvalue weighted by Crippen LogP contribution is -1.99. The highest BCUT2D eigenvalue weighted by Crippen LogP contribution is 2.47. The van der Waals surface area contributed by atoms with Crippen molar-refractivity contribution in [3.63, 3.8) is 0 Å². The van der Waals surface area contributed by atoms with Crippen LogP contribution in [0.3, 0.4) is 0 Å². The van der Waals surface area contributed by atoms with Crippen molar-refractivity contribution in [2.45, 2.75) is 0 Å². The number of rotatable bonds is 6. The van der Waals surface area contributed by atoms with Crippen molar-refractivity contribution in [2.75, 3.05) is 0 Å². The van der Waals surface area contributed by atoms with Crippen LogP contribution in [-0.2, 0) is 0 Å². The van der Waals surface area contributed by atoms with Crippen LogP contribution < -0.4 is 0 Å². The van der Waals surface area contributed by atoms with Gasteiger partial charge in [-0.15, -0.1) is 11.3 Å². The van der Waals surface area contributed by atoms with Crippen molar-refractivity contribution in [1.29, 1.82) is 0 Å². The Morgan fingerprint density at radius 2 is 0.898 bits per heavy atom. The molecule has 9 aromatic rings. The van der Waals surface area contributed by atoms with Crippen LogP contribution in [0.1, 0.15) is 0 Å². The second-order valence-electron chi connectivity index (χ2n) is 12.2. The van der Waals surface area contributed by atoms with E-state index in [9.17, 15) is 0 Å². The van der Waals surface area contributed by atoms with E-state index in [0.717, 1.165) is 50.3 Å². The summed E-state index contributed by atoms with van der Waals surface area (Å²) >= 11 is 1.86. The van der Waals surface area contributed by atoms with Crippen LogP contribution in [0.4, 0.5) is 0 Å². The summed E-state index contributed by atoms with van der Waals surface area (Å²) in [4.78, 5) is 10.5. The van der Waals surface area contributed by atoms with Crippen molar-refractivity contribution in [2.24, 2.45) is 0 Å². The van der Waals surface area contributed by atoms with E-state index in [1.807, 2.05) is 35.6 Å². The molecule has 3 heteroatoms. The third kappa shape index (κ3) is 5.41. The van der Waals surface area contributed by atoms with E-state index in [2.05, 4.69) is 158 Å². The smallest absolute Gasteiger partial charge is 0.160 e. The van der Waals surface area contributed by atoms with Gasteiger partial charge in [0.15, 0.2) is 5.82 Å². The third-order valence-corrected chi connectivity index (χ3v) is 10.3.